The van der Waals surface area contributed by atoms with E-state index in [4.69, 9.17) is 17.3 Å². The maximum absolute atomic E-state index is 11.6. The largest absolute Gasteiger partial charge is 0.399 e. The molecule has 1 aliphatic heterocycles. The third-order valence-corrected chi connectivity index (χ3v) is 2.65. The highest BCUT2D eigenvalue weighted by Gasteiger charge is 2.20. The Kier molecular flexibility index (Phi) is 2.68. The van der Waals surface area contributed by atoms with Crippen LogP contribution in [-0.2, 0) is 0 Å². The van der Waals surface area contributed by atoms with Crippen molar-refractivity contribution in [2.45, 2.75) is 6.42 Å². The fraction of sp³-hybridized carbons (Fsp3) is 0.300. The van der Waals surface area contributed by atoms with Gasteiger partial charge in [-0.1, -0.05) is 11.6 Å². The van der Waals surface area contributed by atoms with Gasteiger partial charge in [-0.25, -0.2) is 4.79 Å². The van der Waals surface area contributed by atoms with Gasteiger partial charge in [-0.2, -0.15) is 0 Å². The van der Waals surface area contributed by atoms with E-state index in [2.05, 4.69) is 5.32 Å². The monoisotopic (exact) mass is 225 g/mol. The molecule has 0 atom stereocenters. The number of nitrogen functional groups attached to an aromatic ring is 1. The number of carbonyl (C=O) groups is 1. The van der Waals surface area contributed by atoms with Crippen LogP contribution in [0.5, 0.6) is 0 Å². The van der Waals surface area contributed by atoms with E-state index < -0.39 is 0 Å². The van der Waals surface area contributed by atoms with E-state index >= 15 is 0 Å². The number of benzene rings is 1. The highest BCUT2D eigenvalue weighted by molar-refractivity contribution is 6.34. The summed E-state index contributed by atoms with van der Waals surface area (Å²) < 4.78 is 0. The molecule has 0 aromatic heterocycles. The number of anilines is 2. The second kappa shape index (κ2) is 3.98. The molecule has 80 valence electrons. The van der Waals surface area contributed by atoms with Crippen molar-refractivity contribution in [1.29, 1.82) is 0 Å². The molecule has 15 heavy (non-hydrogen) atoms. The van der Waals surface area contributed by atoms with E-state index in [1.165, 1.54) is 0 Å². The van der Waals surface area contributed by atoms with Gasteiger partial charge in [0.2, 0.25) is 0 Å². The van der Waals surface area contributed by atoms with Crippen LogP contribution < -0.4 is 16.0 Å². The Labute approximate surface area is 93.0 Å². The minimum atomic E-state index is -0.104. The van der Waals surface area contributed by atoms with Crippen LogP contribution in [0.25, 0.3) is 0 Å². The van der Waals surface area contributed by atoms with E-state index in [9.17, 15) is 4.79 Å². The molecule has 4 nitrogen and oxygen atoms in total. The molecule has 1 aromatic carbocycles. The Hall–Kier alpha value is -1.42. The van der Waals surface area contributed by atoms with Crippen molar-refractivity contribution in [3.05, 3.63) is 23.2 Å². The summed E-state index contributed by atoms with van der Waals surface area (Å²) >= 11 is 6.03. The Morgan fingerprint density at radius 2 is 2.27 bits per heavy atom. The first-order chi connectivity index (χ1) is 7.18. The van der Waals surface area contributed by atoms with Crippen LogP contribution in [0.2, 0.25) is 5.02 Å². The van der Waals surface area contributed by atoms with Crippen molar-refractivity contribution in [3.8, 4) is 0 Å². The van der Waals surface area contributed by atoms with Crippen molar-refractivity contribution in [2.24, 2.45) is 0 Å². The number of halogens is 1. The van der Waals surface area contributed by atoms with Gasteiger partial charge in [0, 0.05) is 18.8 Å². The fourth-order valence-corrected chi connectivity index (χ4v) is 1.89. The molecule has 1 saturated heterocycles. The van der Waals surface area contributed by atoms with Gasteiger partial charge >= 0.3 is 6.03 Å². The minimum Gasteiger partial charge on any atom is -0.399 e. The summed E-state index contributed by atoms with van der Waals surface area (Å²) in [5.41, 5.74) is 6.90. The molecule has 0 bridgehead atoms. The van der Waals surface area contributed by atoms with Crippen molar-refractivity contribution in [2.75, 3.05) is 23.7 Å². The van der Waals surface area contributed by atoms with E-state index in [1.807, 2.05) is 0 Å². The summed E-state index contributed by atoms with van der Waals surface area (Å²) in [6.07, 6.45) is 0.923. The van der Waals surface area contributed by atoms with Crippen LogP contribution in [0, 0.1) is 0 Å². The number of amides is 2. The molecule has 0 saturated carbocycles. The van der Waals surface area contributed by atoms with Gasteiger partial charge in [0.25, 0.3) is 0 Å². The standard InChI is InChI=1S/C10H12ClN3O/c11-8-6-7(12)2-3-9(8)14-5-1-4-13-10(14)15/h2-3,6H,1,4-5,12H2,(H,13,15). The van der Waals surface area contributed by atoms with Gasteiger partial charge in [-0.3, -0.25) is 4.90 Å². The number of urea groups is 1. The average Bonchev–Trinajstić information content (AvgIpc) is 2.20. The van der Waals surface area contributed by atoms with Crippen LogP contribution in [0.4, 0.5) is 16.2 Å². The number of hydrogen-bond donors (Lipinski definition) is 2. The number of carbonyl (C=O) groups excluding carboxylic acids is 1. The predicted molar refractivity (Wildman–Crippen MR) is 61.2 cm³/mol. The second-order valence-electron chi connectivity index (χ2n) is 3.45. The molecule has 1 aliphatic rings. The molecule has 0 radical (unpaired) electrons. The quantitative estimate of drug-likeness (QED) is 0.717. The van der Waals surface area contributed by atoms with Gasteiger partial charge in [0.1, 0.15) is 0 Å². The number of rotatable bonds is 1. The van der Waals surface area contributed by atoms with Crippen molar-refractivity contribution in [1.82, 2.24) is 5.32 Å². The zero-order valence-corrected chi connectivity index (χ0v) is 8.92. The molecule has 0 aliphatic carbocycles. The molecule has 0 unspecified atom stereocenters. The number of nitrogens with zero attached hydrogens (tertiary/aromatic N) is 1. The molecular weight excluding hydrogens is 214 g/mol. The molecule has 1 fully saturated rings. The predicted octanol–water partition coefficient (Wildman–Crippen LogP) is 1.84. The number of nitrogens with two attached hydrogens (primary N) is 1. The summed E-state index contributed by atoms with van der Waals surface area (Å²) in [7, 11) is 0. The van der Waals surface area contributed by atoms with Crippen molar-refractivity contribution >= 4 is 29.0 Å². The second-order valence-corrected chi connectivity index (χ2v) is 3.86. The van der Waals surface area contributed by atoms with Crippen LogP contribution >= 0.6 is 11.6 Å². The molecule has 5 heteroatoms. The van der Waals surface area contributed by atoms with Gasteiger partial charge in [0.15, 0.2) is 0 Å². The van der Waals surface area contributed by atoms with Crippen molar-refractivity contribution < 1.29 is 4.79 Å². The molecule has 1 heterocycles. The average molecular weight is 226 g/mol. The lowest BCUT2D eigenvalue weighted by Gasteiger charge is -2.28. The normalized spacial score (nSPS) is 16.3. The lowest BCUT2D eigenvalue weighted by Crippen LogP contribution is -2.46. The molecule has 2 amide bonds. The summed E-state index contributed by atoms with van der Waals surface area (Å²) in [4.78, 5) is 13.2. The Balaban J connectivity index is 2.31. The van der Waals surface area contributed by atoms with Gasteiger partial charge in [0.05, 0.1) is 10.7 Å². The Bertz CT molecular complexity index is 394. The van der Waals surface area contributed by atoms with Crippen LogP contribution in [-0.4, -0.2) is 19.1 Å². The first-order valence-corrected chi connectivity index (χ1v) is 5.16. The number of hydrogen-bond acceptors (Lipinski definition) is 2. The van der Waals surface area contributed by atoms with E-state index in [-0.39, 0.29) is 6.03 Å². The van der Waals surface area contributed by atoms with Gasteiger partial charge in [-0.15, -0.1) is 0 Å². The molecule has 0 spiro atoms. The third kappa shape index (κ3) is 1.99. The van der Waals surface area contributed by atoms with E-state index in [0.29, 0.717) is 22.9 Å². The summed E-state index contributed by atoms with van der Waals surface area (Å²) in [6, 6.07) is 5.05. The molecule has 2 rings (SSSR count). The highest BCUT2D eigenvalue weighted by Crippen LogP contribution is 2.28. The smallest absolute Gasteiger partial charge is 0.321 e. The zero-order valence-electron chi connectivity index (χ0n) is 8.16. The maximum Gasteiger partial charge on any atom is 0.321 e. The molecular formula is C10H12ClN3O. The van der Waals surface area contributed by atoms with Crippen molar-refractivity contribution in [3.63, 3.8) is 0 Å². The Morgan fingerprint density at radius 3 is 2.93 bits per heavy atom. The summed E-state index contributed by atoms with van der Waals surface area (Å²) in [5, 5.41) is 3.28. The molecule has 3 N–H and O–H groups in total. The van der Waals surface area contributed by atoms with Crippen LogP contribution in [0.1, 0.15) is 6.42 Å². The summed E-state index contributed by atoms with van der Waals surface area (Å²) in [5.74, 6) is 0. The maximum atomic E-state index is 11.6. The van der Waals surface area contributed by atoms with Crippen LogP contribution in [0.3, 0.4) is 0 Å². The van der Waals surface area contributed by atoms with E-state index in [0.717, 1.165) is 13.0 Å². The number of nitrogens with one attached hydrogen (secondary N) is 1. The Morgan fingerprint density at radius 1 is 1.47 bits per heavy atom. The lowest BCUT2D eigenvalue weighted by atomic mass is 10.2. The third-order valence-electron chi connectivity index (χ3n) is 2.34. The minimum absolute atomic E-state index is 0.104. The highest BCUT2D eigenvalue weighted by atomic mass is 35.5. The zero-order chi connectivity index (χ0) is 10.8. The summed E-state index contributed by atoms with van der Waals surface area (Å²) in [6.45, 7) is 1.41. The lowest BCUT2D eigenvalue weighted by molar-refractivity contribution is 0.243. The first-order valence-electron chi connectivity index (χ1n) is 4.79. The van der Waals surface area contributed by atoms with Crippen LogP contribution in [0.15, 0.2) is 18.2 Å². The van der Waals surface area contributed by atoms with E-state index in [1.54, 1.807) is 23.1 Å². The van der Waals surface area contributed by atoms with Gasteiger partial charge in [-0.05, 0) is 24.6 Å². The SMILES string of the molecule is Nc1ccc(N2CCCNC2=O)c(Cl)c1. The molecule has 1 aromatic rings. The first kappa shape index (κ1) is 10.1. The topological polar surface area (TPSA) is 58.4 Å². The fourth-order valence-electron chi connectivity index (χ4n) is 1.60. The van der Waals surface area contributed by atoms with Gasteiger partial charge < -0.3 is 11.1 Å².